The van der Waals surface area contributed by atoms with Gasteiger partial charge in [0.2, 0.25) is 0 Å². The fourth-order valence-electron chi connectivity index (χ4n) is 5.25. The van der Waals surface area contributed by atoms with Gasteiger partial charge in [0.25, 0.3) is 5.91 Å². The second-order valence-corrected chi connectivity index (χ2v) is 14.0. The number of aromatic nitrogens is 1. The van der Waals surface area contributed by atoms with Gasteiger partial charge in [0, 0.05) is 6.42 Å². The first-order chi connectivity index (χ1) is 21.2. The average molecular weight is 676 g/mol. The lowest BCUT2D eigenvalue weighted by atomic mass is 9.95. The van der Waals surface area contributed by atoms with Crippen LogP contribution < -0.4 is 15.4 Å². The number of hydrogen-bond donors (Lipinski definition) is 2. The van der Waals surface area contributed by atoms with Crippen LogP contribution in [0.4, 0.5) is 27.1 Å². The molecule has 5 rings (SSSR count). The Kier molecular flexibility index (Phi) is 9.68. The third kappa shape index (κ3) is 7.91. The van der Waals surface area contributed by atoms with E-state index in [1.54, 1.807) is 4.90 Å². The summed E-state index contributed by atoms with van der Waals surface area (Å²) in [6.45, 7) is -3.94. The average Bonchev–Trinajstić information content (AvgIpc) is 3.52. The molecule has 3 N–H and O–H groups in total. The molecule has 0 bridgehead atoms. The van der Waals surface area contributed by atoms with Gasteiger partial charge in [-0.1, -0.05) is 23.5 Å². The van der Waals surface area contributed by atoms with Crippen LogP contribution >= 0.6 is 11.3 Å². The molecule has 2 heterocycles. The Morgan fingerprint density at radius 3 is 2.33 bits per heavy atom. The summed E-state index contributed by atoms with van der Waals surface area (Å²) in [4.78, 5) is 18.8. The van der Waals surface area contributed by atoms with Crippen molar-refractivity contribution in [1.82, 2.24) is 4.98 Å². The van der Waals surface area contributed by atoms with Gasteiger partial charge in [0.1, 0.15) is 16.7 Å². The Balaban J connectivity index is 1.40. The molecule has 0 unspecified atom stereocenters. The molecule has 1 saturated heterocycles. The first kappa shape index (κ1) is 33.0. The summed E-state index contributed by atoms with van der Waals surface area (Å²) < 4.78 is 101. The second kappa shape index (κ2) is 13.2. The van der Waals surface area contributed by atoms with E-state index >= 15 is 0 Å². The third-order valence-electron chi connectivity index (χ3n) is 7.69. The topological polar surface area (TPSA) is 132 Å². The van der Waals surface area contributed by atoms with Gasteiger partial charge >= 0.3 is 12.8 Å². The fourth-order valence-corrected chi connectivity index (χ4v) is 8.01. The number of carbonyl (C=O) groups excluding carboxylic acids is 1. The van der Waals surface area contributed by atoms with Crippen LogP contribution in [0.15, 0.2) is 53.4 Å². The minimum absolute atomic E-state index is 0.00937. The van der Waals surface area contributed by atoms with Crippen molar-refractivity contribution in [2.24, 2.45) is 11.7 Å². The highest BCUT2D eigenvalue weighted by Crippen LogP contribution is 2.39. The van der Waals surface area contributed by atoms with E-state index in [0.717, 1.165) is 48.4 Å². The summed E-state index contributed by atoms with van der Waals surface area (Å²) in [6.07, 6.45) is -3.28. The van der Waals surface area contributed by atoms with Gasteiger partial charge in [-0.2, -0.15) is 22.0 Å². The lowest BCUT2D eigenvalue weighted by molar-refractivity contribution is -0.137. The number of carbonyl (C=O) groups is 1. The van der Waals surface area contributed by atoms with Crippen molar-refractivity contribution in [3.8, 4) is 5.75 Å². The van der Waals surface area contributed by atoms with E-state index in [0.29, 0.717) is 5.56 Å². The number of nitrogens with zero attached hydrogens (tertiary/aromatic N) is 2. The molecule has 16 heteroatoms. The van der Waals surface area contributed by atoms with Crippen molar-refractivity contribution in [3.05, 3.63) is 70.2 Å². The van der Waals surface area contributed by atoms with Gasteiger partial charge in [-0.3, -0.25) is 4.79 Å². The number of alkyl halides is 5. The van der Waals surface area contributed by atoms with Crippen LogP contribution in [-0.4, -0.2) is 68.7 Å². The van der Waals surface area contributed by atoms with Crippen LogP contribution in [0, 0.1) is 5.92 Å². The van der Waals surface area contributed by atoms with Crippen LogP contribution in [0.25, 0.3) is 0 Å². The predicted octanol–water partition coefficient (Wildman–Crippen LogP) is 4.83. The highest BCUT2D eigenvalue weighted by Gasteiger charge is 2.38. The number of amides is 1. The van der Waals surface area contributed by atoms with Crippen molar-refractivity contribution < 1.29 is 49.7 Å². The van der Waals surface area contributed by atoms with E-state index in [2.05, 4.69) is 9.72 Å². The number of halogens is 5. The summed E-state index contributed by atoms with van der Waals surface area (Å²) in [5, 5.41) is 10.5. The Labute approximate surface area is 259 Å². The lowest BCUT2D eigenvalue weighted by Gasteiger charge is -2.23. The second-order valence-electron chi connectivity index (χ2n) is 11.0. The molecule has 3 aromatic rings. The number of primary amides is 1. The van der Waals surface area contributed by atoms with Gasteiger partial charge in [-0.05, 0) is 60.7 Å². The monoisotopic (exact) mass is 675 g/mol. The minimum Gasteiger partial charge on any atom is -0.489 e. The number of aliphatic hydroxyl groups excluding tert-OH is 1. The minimum atomic E-state index is -4.52. The molecule has 1 aliphatic heterocycles. The number of thiazole rings is 1. The molecule has 244 valence electrons. The molecule has 2 aromatic carbocycles. The van der Waals surface area contributed by atoms with Crippen molar-refractivity contribution >= 4 is 32.2 Å². The summed E-state index contributed by atoms with van der Waals surface area (Å²) >= 11 is 0.885. The van der Waals surface area contributed by atoms with Crippen molar-refractivity contribution in [2.45, 2.75) is 55.0 Å². The molecular weight excluding hydrogens is 645 g/mol. The molecule has 3 atom stereocenters. The zero-order valence-corrected chi connectivity index (χ0v) is 25.3. The molecule has 2 aliphatic rings. The summed E-state index contributed by atoms with van der Waals surface area (Å²) in [5.74, 6) is -1.34. The fraction of sp³-hybridized carbons (Fsp3) is 0.448. The van der Waals surface area contributed by atoms with Crippen LogP contribution in [0.2, 0.25) is 0 Å². The van der Waals surface area contributed by atoms with Gasteiger partial charge in [0.15, 0.2) is 15.0 Å². The molecule has 9 nitrogen and oxygen atoms in total. The molecule has 1 aromatic heterocycles. The zero-order chi connectivity index (χ0) is 32.5. The summed E-state index contributed by atoms with van der Waals surface area (Å²) in [7, 11) is -3.48. The maximum atomic E-state index is 13.0. The van der Waals surface area contributed by atoms with E-state index in [1.807, 2.05) is 0 Å². The Hall–Kier alpha value is -3.34. The van der Waals surface area contributed by atoms with E-state index in [1.165, 1.54) is 24.3 Å². The molecular formula is C29H30F5N3O6S2. The first-order valence-corrected chi connectivity index (χ1v) is 16.5. The standard InChI is InChI=1S/C29H30F5N3O6S2/c30-27(31)42-14-19-11-21(43-20-7-5-18(6-8-20)29(32,33)34)12-37(19)28-36-24(25(44-28)26(35)39)23(13-38)17-3-9-22(10-4-17)45(40,41)15-16-1-2-16/h3-10,16,19,21,23,27,38H,1-2,11-15H2,(H2,35,39)/t19-,21-,23+/m0/s1. The lowest BCUT2D eigenvalue weighted by Crippen LogP contribution is -2.34. The number of nitrogens with two attached hydrogens (primary N) is 1. The molecule has 1 aliphatic carbocycles. The number of anilines is 1. The molecule has 0 radical (unpaired) electrons. The van der Waals surface area contributed by atoms with Gasteiger partial charge < -0.3 is 25.2 Å². The number of ether oxygens (including phenoxy) is 2. The summed E-state index contributed by atoms with van der Waals surface area (Å²) in [5.41, 5.74) is 5.41. The third-order valence-corrected chi connectivity index (χ3v) is 10.7. The quantitative estimate of drug-likeness (QED) is 0.246. The maximum Gasteiger partial charge on any atom is 0.416 e. The normalized spacial score (nSPS) is 19.7. The zero-order valence-electron chi connectivity index (χ0n) is 23.6. The van der Waals surface area contributed by atoms with Crippen molar-refractivity contribution in [1.29, 1.82) is 0 Å². The predicted molar refractivity (Wildman–Crippen MR) is 154 cm³/mol. The van der Waals surface area contributed by atoms with E-state index in [9.17, 15) is 40.3 Å². The number of rotatable bonds is 13. The van der Waals surface area contributed by atoms with Gasteiger partial charge in [0.05, 0.1) is 53.6 Å². The molecule has 0 spiro atoms. The van der Waals surface area contributed by atoms with Crippen LogP contribution in [0.1, 0.15) is 51.7 Å². The first-order valence-electron chi connectivity index (χ1n) is 14.0. The number of aliphatic hydroxyl groups is 1. The SMILES string of the molecule is NC(=O)c1sc(N2C[C@@H](Oc3ccc(C(F)(F)F)cc3)C[C@H]2COC(F)F)nc1[C@H](CO)c1ccc(S(=O)(=O)CC2CC2)cc1. The van der Waals surface area contributed by atoms with Crippen LogP contribution in [-0.2, 0) is 20.8 Å². The molecule has 2 fully saturated rings. The number of sulfone groups is 1. The smallest absolute Gasteiger partial charge is 0.416 e. The van der Waals surface area contributed by atoms with Crippen molar-refractivity contribution in [3.63, 3.8) is 0 Å². The van der Waals surface area contributed by atoms with E-state index in [4.69, 9.17) is 10.5 Å². The van der Waals surface area contributed by atoms with Crippen LogP contribution in [0.3, 0.4) is 0 Å². The highest BCUT2D eigenvalue weighted by atomic mass is 32.2. The van der Waals surface area contributed by atoms with Gasteiger partial charge in [-0.15, -0.1) is 0 Å². The van der Waals surface area contributed by atoms with E-state index < -0.39 is 65.4 Å². The number of hydrogen-bond acceptors (Lipinski definition) is 9. The number of benzene rings is 2. The van der Waals surface area contributed by atoms with Crippen molar-refractivity contribution in [2.75, 3.05) is 30.4 Å². The molecule has 45 heavy (non-hydrogen) atoms. The Morgan fingerprint density at radius 1 is 1.11 bits per heavy atom. The Morgan fingerprint density at radius 2 is 1.78 bits per heavy atom. The van der Waals surface area contributed by atoms with Crippen LogP contribution in [0.5, 0.6) is 5.75 Å². The molecule has 1 saturated carbocycles. The molecule has 1 amide bonds. The largest absolute Gasteiger partial charge is 0.489 e. The van der Waals surface area contributed by atoms with Gasteiger partial charge in [-0.25, -0.2) is 13.4 Å². The Bertz CT molecular complexity index is 1600. The van der Waals surface area contributed by atoms with E-state index in [-0.39, 0.29) is 51.0 Å². The highest BCUT2D eigenvalue weighted by molar-refractivity contribution is 7.91. The summed E-state index contributed by atoms with van der Waals surface area (Å²) in [6, 6.07) is 9.31. The maximum absolute atomic E-state index is 13.0.